The SMILES string of the molecule is Cc1cccc(COc2ccc(-n3c(C)cc(/C=C4/C(=O)NN(c5ccccc5)C4=O)c3C)cc2)c1. The van der Waals surface area contributed by atoms with Crippen molar-refractivity contribution in [1.82, 2.24) is 9.99 Å². The number of benzene rings is 3. The van der Waals surface area contributed by atoms with E-state index in [9.17, 15) is 9.59 Å². The Morgan fingerprint density at radius 2 is 1.58 bits per heavy atom. The molecule has 1 saturated heterocycles. The molecule has 1 fully saturated rings. The molecule has 1 N–H and O–H groups in total. The predicted octanol–water partition coefficient (Wildman–Crippen LogP) is 5.44. The van der Waals surface area contributed by atoms with Crippen molar-refractivity contribution in [3.63, 3.8) is 0 Å². The summed E-state index contributed by atoms with van der Waals surface area (Å²) in [6.07, 6.45) is 1.67. The maximum Gasteiger partial charge on any atom is 0.282 e. The predicted molar refractivity (Wildman–Crippen MR) is 141 cm³/mol. The first-order chi connectivity index (χ1) is 17.4. The Morgan fingerprint density at radius 1 is 0.833 bits per heavy atom. The lowest BCUT2D eigenvalue weighted by molar-refractivity contribution is -0.117. The summed E-state index contributed by atoms with van der Waals surface area (Å²) in [6, 6.07) is 27.2. The smallest absolute Gasteiger partial charge is 0.282 e. The van der Waals surface area contributed by atoms with E-state index in [-0.39, 0.29) is 11.5 Å². The number of amides is 2. The molecular weight excluding hydrogens is 450 g/mol. The Bertz CT molecular complexity index is 1470. The molecule has 0 radical (unpaired) electrons. The highest BCUT2D eigenvalue weighted by Crippen LogP contribution is 2.27. The van der Waals surface area contributed by atoms with Crippen LogP contribution in [0.15, 0.2) is 90.5 Å². The molecule has 2 heterocycles. The molecule has 0 unspecified atom stereocenters. The standard InChI is InChI=1S/C30H27N3O3/c1-20-8-7-9-23(16-20)19-36-27-14-12-25(13-15-27)32-21(2)17-24(22(32)3)18-28-29(34)31-33(30(28)35)26-10-5-4-6-11-26/h4-18H,19H2,1-3H3,(H,31,34)/b28-18-. The van der Waals surface area contributed by atoms with Crippen LogP contribution in [0, 0.1) is 20.8 Å². The molecule has 36 heavy (non-hydrogen) atoms. The number of nitrogens with one attached hydrogen (secondary N) is 1. The van der Waals surface area contributed by atoms with Crippen molar-refractivity contribution in [1.29, 1.82) is 0 Å². The van der Waals surface area contributed by atoms with Crippen LogP contribution in [0.25, 0.3) is 11.8 Å². The van der Waals surface area contributed by atoms with E-state index in [1.54, 1.807) is 18.2 Å². The molecule has 4 aromatic rings. The zero-order valence-corrected chi connectivity index (χ0v) is 20.5. The van der Waals surface area contributed by atoms with E-state index in [1.807, 2.05) is 68.4 Å². The normalized spacial score (nSPS) is 14.4. The summed E-state index contributed by atoms with van der Waals surface area (Å²) in [5, 5.41) is 1.28. The third-order valence-corrected chi connectivity index (χ3v) is 6.26. The molecule has 1 aliphatic heterocycles. The van der Waals surface area contributed by atoms with Crippen LogP contribution in [0.5, 0.6) is 5.75 Å². The summed E-state index contributed by atoms with van der Waals surface area (Å²) in [7, 11) is 0. The number of para-hydroxylation sites is 1. The van der Waals surface area contributed by atoms with E-state index >= 15 is 0 Å². The van der Waals surface area contributed by atoms with Gasteiger partial charge in [0.25, 0.3) is 11.8 Å². The number of hydrogen-bond donors (Lipinski definition) is 1. The summed E-state index contributed by atoms with van der Waals surface area (Å²) in [5.41, 5.74) is 9.45. The summed E-state index contributed by atoms with van der Waals surface area (Å²) in [5.74, 6) is 0.00849. The summed E-state index contributed by atoms with van der Waals surface area (Å²) >= 11 is 0. The molecule has 0 atom stereocenters. The van der Waals surface area contributed by atoms with Gasteiger partial charge in [-0.25, -0.2) is 5.01 Å². The Hall–Kier alpha value is -4.58. The number of hydrogen-bond acceptors (Lipinski definition) is 3. The van der Waals surface area contributed by atoms with E-state index in [1.165, 1.54) is 10.6 Å². The third-order valence-electron chi connectivity index (χ3n) is 6.26. The van der Waals surface area contributed by atoms with E-state index < -0.39 is 5.91 Å². The molecule has 3 aromatic carbocycles. The van der Waals surface area contributed by atoms with Gasteiger partial charge >= 0.3 is 0 Å². The lowest BCUT2D eigenvalue weighted by Crippen LogP contribution is -2.35. The molecule has 0 aliphatic carbocycles. The fourth-order valence-corrected chi connectivity index (χ4v) is 4.46. The molecule has 0 saturated carbocycles. The minimum absolute atomic E-state index is 0.110. The van der Waals surface area contributed by atoms with E-state index in [0.717, 1.165) is 34.0 Å². The number of anilines is 1. The highest BCUT2D eigenvalue weighted by molar-refractivity contribution is 6.31. The first-order valence-corrected chi connectivity index (χ1v) is 11.8. The number of aryl methyl sites for hydroxylation is 2. The number of aromatic nitrogens is 1. The zero-order valence-electron chi connectivity index (χ0n) is 20.5. The Labute approximate surface area is 210 Å². The quantitative estimate of drug-likeness (QED) is 0.297. The minimum Gasteiger partial charge on any atom is -0.489 e. The zero-order chi connectivity index (χ0) is 25.2. The average molecular weight is 478 g/mol. The maximum atomic E-state index is 13.0. The van der Waals surface area contributed by atoms with Gasteiger partial charge in [0, 0.05) is 17.1 Å². The van der Waals surface area contributed by atoms with Gasteiger partial charge in [0.15, 0.2) is 0 Å². The van der Waals surface area contributed by atoms with Gasteiger partial charge in [0.2, 0.25) is 0 Å². The highest BCUT2D eigenvalue weighted by atomic mass is 16.5. The van der Waals surface area contributed by atoms with Crippen LogP contribution in [-0.4, -0.2) is 16.4 Å². The molecule has 5 rings (SSSR count). The van der Waals surface area contributed by atoms with Crippen LogP contribution < -0.4 is 15.2 Å². The van der Waals surface area contributed by atoms with Crippen molar-refractivity contribution in [2.24, 2.45) is 0 Å². The Kier molecular flexibility index (Phi) is 6.17. The van der Waals surface area contributed by atoms with Crippen molar-refractivity contribution < 1.29 is 14.3 Å². The molecule has 0 bridgehead atoms. The Balaban J connectivity index is 1.36. The highest BCUT2D eigenvalue weighted by Gasteiger charge is 2.34. The van der Waals surface area contributed by atoms with Gasteiger partial charge in [-0.3, -0.25) is 15.0 Å². The van der Waals surface area contributed by atoms with Crippen LogP contribution in [0.1, 0.15) is 28.1 Å². The first-order valence-electron chi connectivity index (χ1n) is 11.8. The van der Waals surface area contributed by atoms with E-state index in [0.29, 0.717) is 12.3 Å². The lowest BCUT2D eigenvalue weighted by atomic mass is 10.1. The first kappa shape index (κ1) is 23.2. The molecule has 1 aliphatic rings. The molecule has 6 heteroatoms. The number of hydrazine groups is 1. The molecule has 2 amide bonds. The molecule has 180 valence electrons. The molecule has 6 nitrogen and oxygen atoms in total. The van der Waals surface area contributed by atoms with Crippen LogP contribution >= 0.6 is 0 Å². The van der Waals surface area contributed by atoms with Gasteiger partial charge in [-0.05, 0) is 80.4 Å². The monoisotopic (exact) mass is 477 g/mol. The van der Waals surface area contributed by atoms with Gasteiger partial charge in [-0.1, -0.05) is 48.0 Å². The van der Waals surface area contributed by atoms with Gasteiger partial charge < -0.3 is 9.30 Å². The largest absolute Gasteiger partial charge is 0.489 e. The van der Waals surface area contributed by atoms with Gasteiger partial charge in [0.1, 0.15) is 17.9 Å². The van der Waals surface area contributed by atoms with Crippen molar-refractivity contribution in [2.75, 3.05) is 5.01 Å². The lowest BCUT2D eigenvalue weighted by Gasteiger charge is -2.13. The fourth-order valence-electron chi connectivity index (χ4n) is 4.46. The van der Waals surface area contributed by atoms with Crippen molar-refractivity contribution in [2.45, 2.75) is 27.4 Å². The van der Waals surface area contributed by atoms with Crippen LogP contribution in [0.4, 0.5) is 5.69 Å². The Morgan fingerprint density at radius 3 is 2.31 bits per heavy atom. The average Bonchev–Trinajstić information content (AvgIpc) is 3.33. The van der Waals surface area contributed by atoms with E-state index in [2.05, 4.69) is 35.1 Å². The number of nitrogens with zero attached hydrogens (tertiary/aromatic N) is 2. The fraction of sp³-hybridized carbons (Fsp3) is 0.133. The topological polar surface area (TPSA) is 63.6 Å². The summed E-state index contributed by atoms with van der Waals surface area (Å²) < 4.78 is 8.06. The second kappa shape index (κ2) is 9.58. The maximum absolute atomic E-state index is 13.0. The van der Waals surface area contributed by atoms with Crippen molar-refractivity contribution in [3.8, 4) is 11.4 Å². The second-order valence-corrected chi connectivity index (χ2v) is 8.91. The summed E-state index contributed by atoms with van der Waals surface area (Å²) in [4.78, 5) is 25.6. The number of carbonyl (C=O) groups is 2. The van der Waals surface area contributed by atoms with Crippen LogP contribution in [0.2, 0.25) is 0 Å². The summed E-state index contributed by atoms with van der Waals surface area (Å²) in [6.45, 7) is 6.56. The number of ether oxygens (including phenoxy) is 1. The van der Waals surface area contributed by atoms with Crippen molar-refractivity contribution >= 4 is 23.6 Å². The minimum atomic E-state index is -0.413. The third kappa shape index (κ3) is 4.53. The van der Waals surface area contributed by atoms with Gasteiger partial charge in [-0.2, -0.15) is 0 Å². The molecule has 0 spiro atoms. The molecule has 1 aromatic heterocycles. The number of rotatable bonds is 6. The second-order valence-electron chi connectivity index (χ2n) is 8.91. The van der Waals surface area contributed by atoms with Crippen molar-refractivity contribution in [3.05, 3.63) is 119 Å². The van der Waals surface area contributed by atoms with Crippen LogP contribution in [0.3, 0.4) is 0 Å². The van der Waals surface area contributed by atoms with Crippen LogP contribution in [-0.2, 0) is 16.2 Å². The van der Waals surface area contributed by atoms with Gasteiger partial charge in [-0.15, -0.1) is 0 Å². The van der Waals surface area contributed by atoms with E-state index in [4.69, 9.17) is 4.74 Å². The number of carbonyl (C=O) groups excluding carboxylic acids is 2. The molecular formula is C30H27N3O3. The van der Waals surface area contributed by atoms with Gasteiger partial charge in [0.05, 0.1) is 5.69 Å².